The van der Waals surface area contributed by atoms with Gasteiger partial charge in [-0.3, -0.25) is 4.79 Å². The molecule has 1 amide bonds. The molecule has 0 atom stereocenters. The number of nitrogens with two attached hydrogens (primary N) is 1. The molecule has 0 saturated carbocycles. The standard InChI is InChI=1S/C15H10F3N5O2/c16-15(17,18)9-3-6-11(20-7-9)25-10-4-1-8(2-5-10)12-13(14(19)24)22-23-21-12/h1-7H,(H2,19,24)(H,21,22,23). The summed E-state index contributed by atoms with van der Waals surface area (Å²) in [6.07, 6.45) is -3.76. The number of hydrogen-bond donors (Lipinski definition) is 2. The third-order valence-electron chi connectivity index (χ3n) is 3.20. The van der Waals surface area contributed by atoms with E-state index in [1.807, 2.05) is 0 Å². The lowest BCUT2D eigenvalue weighted by molar-refractivity contribution is -0.137. The van der Waals surface area contributed by atoms with Crippen LogP contribution in [0.2, 0.25) is 0 Å². The Bertz CT molecular complexity index is 889. The largest absolute Gasteiger partial charge is 0.439 e. The first kappa shape index (κ1) is 16.4. The molecule has 0 fully saturated rings. The molecule has 2 aromatic heterocycles. The van der Waals surface area contributed by atoms with E-state index in [1.54, 1.807) is 24.3 Å². The zero-order chi connectivity index (χ0) is 18.0. The monoisotopic (exact) mass is 349 g/mol. The lowest BCUT2D eigenvalue weighted by Gasteiger charge is -2.08. The number of carbonyl (C=O) groups excluding carboxylic acids is 1. The third-order valence-corrected chi connectivity index (χ3v) is 3.20. The minimum absolute atomic E-state index is 0.00178. The molecule has 1 aromatic carbocycles. The van der Waals surface area contributed by atoms with Gasteiger partial charge >= 0.3 is 6.18 Å². The highest BCUT2D eigenvalue weighted by Crippen LogP contribution is 2.30. The number of benzene rings is 1. The maximum atomic E-state index is 12.5. The van der Waals surface area contributed by atoms with Gasteiger partial charge in [0, 0.05) is 17.8 Å². The van der Waals surface area contributed by atoms with Gasteiger partial charge in [0.25, 0.3) is 5.91 Å². The molecule has 3 aromatic rings. The quantitative estimate of drug-likeness (QED) is 0.753. The molecular weight excluding hydrogens is 339 g/mol. The Balaban J connectivity index is 1.77. The van der Waals surface area contributed by atoms with Gasteiger partial charge in [-0.1, -0.05) is 0 Å². The number of aromatic amines is 1. The van der Waals surface area contributed by atoms with E-state index >= 15 is 0 Å². The van der Waals surface area contributed by atoms with Crippen molar-refractivity contribution < 1.29 is 22.7 Å². The van der Waals surface area contributed by atoms with Gasteiger partial charge in [0.05, 0.1) is 5.56 Å². The molecule has 2 heterocycles. The number of nitrogens with one attached hydrogen (secondary N) is 1. The number of aromatic nitrogens is 4. The van der Waals surface area contributed by atoms with Crippen molar-refractivity contribution >= 4 is 5.91 Å². The molecular formula is C15H10F3N5O2. The van der Waals surface area contributed by atoms with Crippen molar-refractivity contribution in [3.8, 4) is 22.9 Å². The van der Waals surface area contributed by atoms with Crippen molar-refractivity contribution in [2.75, 3.05) is 0 Å². The van der Waals surface area contributed by atoms with Gasteiger partial charge in [-0.15, -0.1) is 0 Å². The number of nitrogens with zero attached hydrogens (tertiary/aromatic N) is 3. The van der Waals surface area contributed by atoms with Gasteiger partial charge in [-0.2, -0.15) is 28.6 Å². The van der Waals surface area contributed by atoms with Crippen molar-refractivity contribution in [3.05, 3.63) is 53.9 Å². The number of primary amides is 1. The van der Waals surface area contributed by atoms with E-state index in [9.17, 15) is 18.0 Å². The molecule has 0 spiro atoms. The number of rotatable bonds is 4. The van der Waals surface area contributed by atoms with Gasteiger partial charge in [0.1, 0.15) is 11.4 Å². The third kappa shape index (κ3) is 3.57. The van der Waals surface area contributed by atoms with Gasteiger partial charge < -0.3 is 10.5 Å². The van der Waals surface area contributed by atoms with Crippen LogP contribution in [-0.4, -0.2) is 26.3 Å². The summed E-state index contributed by atoms with van der Waals surface area (Å²) in [7, 11) is 0. The van der Waals surface area contributed by atoms with Crippen LogP contribution < -0.4 is 10.5 Å². The Morgan fingerprint density at radius 2 is 1.80 bits per heavy atom. The van der Waals surface area contributed by atoms with Crippen molar-refractivity contribution in [1.29, 1.82) is 0 Å². The first-order valence-electron chi connectivity index (χ1n) is 6.86. The summed E-state index contributed by atoms with van der Waals surface area (Å²) in [5.41, 5.74) is 5.18. The van der Waals surface area contributed by atoms with Crippen LogP contribution in [0, 0.1) is 0 Å². The number of H-pyrrole nitrogens is 1. The molecule has 25 heavy (non-hydrogen) atoms. The Hall–Kier alpha value is -3.43. The van der Waals surface area contributed by atoms with Crippen LogP contribution in [0.25, 0.3) is 11.3 Å². The molecule has 0 aliphatic heterocycles. The Kier molecular flexibility index (Phi) is 4.09. The molecule has 7 nitrogen and oxygen atoms in total. The normalized spacial score (nSPS) is 11.3. The molecule has 0 radical (unpaired) electrons. The highest BCUT2D eigenvalue weighted by molar-refractivity contribution is 5.96. The summed E-state index contributed by atoms with van der Waals surface area (Å²) in [6, 6.07) is 8.31. The topological polar surface area (TPSA) is 107 Å². The number of pyridine rings is 1. The van der Waals surface area contributed by atoms with Crippen LogP contribution in [0.15, 0.2) is 42.6 Å². The smallest absolute Gasteiger partial charge is 0.417 e. The first-order chi connectivity index (χ1) is 11.8. The summed E-state index contributed by atoms with van der Waals surface area (Å²) in [5, 5.41) is 9.84. The van der Waals surface area contributed by atoms with E-state index in [0.29, 0.717) is 17.5 Å². The van der Waals surface area contributed by atoms with Gasteiger partial charge in [0.15, 0.2) is 5.69 Å². The Labute approximate surface area is 138 Å². The number of hydrogen-bond acceptors (Lipinski definition) is 5. The van der Waals surface area contributed by atoms with Crippen molar-refractivity contribution in [2.24, 2.45) is 5.73 Å². The number of amides is 1. The van der Waals surface area contributed by atoms with Crippen LogP contribution in [0.5, 0.6) is 11.6 Å². The van der Waals surface area contributed by atoms with E-state index in [4.69, 9.17) is 10.5 Å². The van der Waals surface area contributed by atoms with E-state index in [0.717, 1.165) is 12.1 Å². The van der Waals surface area contributed by atoms with Gasteiger partial charge in [-0.25, -0.2) is 4.98 Å². The molecule has 128 valence electrons. The van der Waals surface area contributed by atoms with Crippen LogP contribution in [0.3, 0.4) is 0 Å². The SMILES string of the molecule is NC(=O)c1n[nH]nc1-c1ccc(Oc2ccc(C(F)(F)F)cn2)cc1. The Morgan fingerprint density at radius 3 is 2.36 bits per heavy atom. The second kappa shape index (κ2) is 6.23. The molecule has 3 rings (SSSR count). The maximum absolute atomic E-state index is 12.5. The van der Waals surface area contributed by atoms with E-state index in [1.165, 1.54) is 0 Å². The van der Waals surface area contributed by atoms with Crippen molar-refractivity contribution in [1.82, 2.24) is 20.4 Å². The van der Waals surface area contributed by atoms with E-state index < -0.39 is 17.6 Å². The number of carbonyl (C=O) groups is 1. The fourth-order valence-electron chi connectivity index (χ4n) is 2.01. The van der Waals surface area contributed by atoms with Crippen LogP contribution >= 0.6 is 0 Å². The molecule has 0 bridgehead atoms. The van der Waals surface area contributed by atoms with Gasteiger partial charge in [0.2, 0.25) is 5.88 Å². The fraction of sp³-hybridized carbons (Fsp3) is 0.0667. The second-order valence-electron chi connectivity index (χ2n) is 4.89. The molecule has 0 saturated heterocycles. The minimum Gasteiger partial charge on any atom is -0.439 e. The zero-order valence-electron chi connectivity index (χ0n) is 12.4. The predicted molar refractivity (Wildman–Crippen MR) is 79.6 cm³/mol. The van der Waals surface area contributed by atoms with E-state index in [2.05, 4.69) is 20.4 Å². The number of ether oxygens (including phenoxy) is 1. The van der Waals surface area contributed by atoms with Crippen LogP contribution in [-0.2, 0) is 6.18 Å². The summed E-state index contributed by atoms with van der Waals surface area (Å²) >= 11 is 0. The fourth-order valence-corrected chi connectivity index (χ4v) is 2.01. The van der Waals surface area contributed by atoms with Gasteiger partial charge in [-0.05, 0) is 30.3 Å². The number of halogens is 3. The Morgan fingerprint density at radius 1 is 1.08 bits per heavy atom. The molecule has 10 heteroatoms. The van der Waals surface area contributed by atoms with E-state index in [-0.39, 0.29) is 17.3 Å². The van der Waals surface area contributed by atoms with Crippen LogP contribution in [0.4, 0.5) is 13.2 Å². The molecule has 0 aliphatic rings. The average Bonchev–Trinajstić information content (AvgIpc) is 3.05. The molecule has 0 unspecified atom stereocenters. The lowest BCUT2D eigenvalue weighted by atomic mass is 10.1. The first-order valence-corrected chi connectivity index (χ1v) is 6.86. The minimum atomic E-state index is -4.46. The maximum Gasteiger partial charge on any atom is 0.417 e. The second-order valence-corrected chi connectivity index (χ2v) is 4.89. The average molecular weight is 349 g/mol. The highest BCUT2D eigenvalue weighted by atomic mass is 19.4. The predicted octanol–water partition coefficient (Wildman–Crippen LogP) is 2.78. The number of alkyl halides is 3. The summed E-state index contributed by atoms with van der Waals surface area (Å²) in [4.78, 5) is 14.9. The summed E-state index contributed by atoms with van der Waals surface area (Å²) < 4.78 is 42.8. The van der Waals surface area contributed by atoms with Crippen molar-refractivity contribution in [3.63, 3.8) is 0 Å². The van der Waals surface area contributed by atoms with Crippen LogP contribution in [0.1, 0.15) is 16.1 Å². The summed E-state index contributed by atoms with van der Waals surface area (Å²) in [5.74, 6) is -0.363. The summed E-state index contributed by atoms with van der Waals surface area (Å²) in [6.45, 7) is 0. The lowest BCUT2D eigenvalue weighted by Crippen LogP contribution is -2.12. The zero-order valence-corrected chi connectivity index (χ0v) is 12.4. The molecule has 0 aliphatic carbocycles. The van der Waals surface area contributed by atoms with Crippen molar-refractivity contribution in [2.45, 2.75) is 6.18 Å². The highest BCUT2D eigenvalue weighted by Gasteiger charge is 2.30. The molecule has 3 N–H and O–H groups in total.